The average molecular weight is 494 g/mol. The number of carbonyl (C=O) groups excluding carboxylic acids is 3. The van der Waals surface area contributed by atoms with Crippen LogP contribution < -0.4 is 4.90 Å². The van der Waals surface area contributed by atoms with E-state index in [9.17, 15) is 14.4 Å². The molecule has 2 fully saturated rings. The second-order valence-corrected chi connectivity index (χ2v) is 17.2. The predicted molar refractivity (Wildman–Crippen MR) is 137 cm³/mol. The standard InChI is InChI=1S/C27H35N3O4Si/c1-18(2)15-23-27(16-22-24(31)28-12-8-11-21(28)25(32)30(22)23)19-9-6-7-10-20(19)29(26(27)33)17-34-13-14-35(3,4)5/h6-7,9-10,15-16,21,23H,8,11-14,17H2,1-5H3/t21-,23+,27+/m0/s1. The molecule has 3 atom stereocenters. The molecule has 4 aliphatic heterocycles. The highest BCUT2D eigenvalue weighted by molar-refractivity contribution is 6.76. The minimum Gasteiger partial charge on any atom is -0.361 e. The van der Waals surface area contributed by atoms with E-state index in [-0.39, 0.29) is 24.5 Å². The van der Waals surface area contributed by atoms with Crippen molar-refractivity contribution in [2.75, 3.05) is 24.8 Å². The second kappa shape index (κ2) is 8.45. The molecular weight excluding hydrogens is 458 g/mol. The molecule has 35 heavy (non-hydrogen) atoms. The quantitative estimate of drug-likeness (QED) is 0.345. The predicted octanol–water partition coefficient (Wildman–Crippen LogP) is 3.65. The molecule has 4 heterocycles. The average Bonchev–Trinajstić information content (AvgIpc) is 3.46. The summed E-state index contributed by atoms with van der Waals surface area (Å²) in [6.45, 7) is 12.2. The minimum atomic E-state index is -1.26. The molecule has 0 radical (unpaired) electrons. The molecule has 1 aromatic carbocycles. The lowest BCUT2D eigenvalue weighted by Crippen LogP contribution is -2.59. The van der Waals surface area contributed by atoms with Gasteiger partial charge in [0.15, 0.2) is 0 Å². The van der Waals surface area contributed by atoms with E-state index in [1.54, 1.807) is 20.8 Å². The molecule has 8 heteroatoms. The van der Waals surface area contributed by atoms with Crippen molar-refractivity contribution in [3.8, 4) is 0 Å². The van der Waals surface area contributed by atoms with Crippen molar-refractivity contribution in [3.05, 3.63) is 53.3 Å². The maximum Gasteiger partial charge on any atom is 0.270 e. The van der Waals surface area contributed by atoms with Crippen molar-refractivity contribution >= 4 is 31.5 Å². The van der Waals surface area contributed by atoms with Crippen molar-refractivity contribution in [2.24, 2.45) is 0 Å². The first-order chi connectivity index (χ1) is 16.6. The zero-order chi connectivity index (χ0) is 25.1. The molecule has 7 nitrogen and oxygen atoms in total. The van der Waals surface area contributed by atoms with Crippen LogP contribution in [0.4, 0.5) is 5.69 Å². The van der Waals surface area contributed by atoms with E-state index in [2.05, 4.69) is 19.6 Å². The van der Waals surface area contributed by atoms with Gasteiger partial charge in [-0.15, -0.1) is 0 Å². The first kappa shape index (κ1) is 24.0. The number of piperazine rings is 1. The van der Waals surface area contributed by atoms with Gasteiger partial charge in [-0.05, 0) is 50.4 Å². The lowest BCUT2D eigenvalue weighted by atomic mass is 9.75. The molecule has 0 aliphatic carbocycles. The molecule has 0 saturated carbocycles. The highest BCUT2D eigenvalue weighted by Crippen LogP contribution is 2.53. The monoisotopic (exact) mass is 493 g/mol. The summed E-state index contributed by atoms with van der Waals surface area (Å²) in [6.07, 6.45) is 5.25. The highest BCUT2D eigenvalue weighted by Gasteiger charge is 2.63. The number of benzene rings is 1. The van der Waals surface area contributed by atoms with E-state index in [0.717, 1.165) is 29.3 Å². The first-order valence-corrected chi connectivity index (χ1v) is 16.3. The molecule has 186 valence electrons. The van der Waals surface area contributed by atoms with E-state index in [1.807, 2.05) is 44.2 Å². The molecule has 0 aromatic heterocycles. The van der Waals surface area contributed by atoms with Crippen LogP contribution in [0.3, 0.4) is 0 Å². The number of carbonyl (C=O) groups is 3. The molecule has 4 aliphatic rings. The molecule has 0 N–H and O–H groups in total. The fourth-order valence-corrected chi connectivity index (χ4v) is 6.59. The Kier molecular flexibility index (Phi) is 5.79. The maximum atomic E-state index is 14.3. The van der Waals surface area contributed by atoms with E-state index < -0.39 is 25.6 Å². The van der Waals surface area contributed by atoms with Crippen LogP contribution in [-0.4, -0.2) is 67.6 Å². The van der Waals surface area contributed by atoms with Crippen molar-refractivity contribution in [1.29, 1.82) is 0 Å². The summed E-state index contributed by atoms with van der Waals surface area (Å²) in [5.41, 5.74) is 1.79. The van der Waals surface area contributed by atoms with Crippen LogP contribution in [0.25, 0.3) is 0 Å². The van der Waals surface area contributed by atoms with Gasteiger partial charge in [0.1, 0.15) is 23.9 Å². The number of para-hydroxylation sites is 1. The Morgan fingerprint density at radius 1 is 1.17 bits per heavy atom. The summed E-state index contributed by atoms with van der Waals surface area (Å²) < 4.78 is 6.01. The topological polar surface area (TPSA) is 70.2 Å². The summed E-state index contributed by atoms with van der Waals surface area (Å²) in [7, 11) is -1.26. The van der Waals surface area contributed by atoms with Gasteiger partial charge in [-0.25, -0.2) is 0 Å². The number of amides is 3. The second-order valence-electron chi connectivity index (χ2n) is 11.6. The van der Waals surface area contributed by atoms with E-state index >= 15 is 0 Å². The van der Waals surface area contributed by atoms with Crippen LogP contribution in [0, 0.1) is 0 Å². The van der Waals surface area contributed by atoms with Gasteiger partial charge in [0.05, 0.1) is 11.7 Å². The fraction of sp³-hybridized carbons (Fsp3) is 0.519. The van der Waals surface area contributed by atoms with E-state index in [1.165, 1.54) is 0 Å². The van der Waals surface area contributed by atoms with Crippen LogP contribution in [0.2, 0.25) is 25.7 Å². The van der Waals surface area contributed by atoms with Crippen LogP contribution in [0.1, 0.15) is 32.3 Å². The van der Waals surface area contributed by atoms with Crippen LogP contribution in [-0.2, 0) is 24.5 Å². The number of ether oxygens (including phenoxy) is 1. The van der Waals surface area contributed by atoms with Gasteiger partial charge < -0.3 is 9.64 Å². The van der Waals surface area contributed by atoms with Gasteiger partial charge in [-0.3, -0.25) is 24.2 Å². The minimum absolute atomic E-state index is 0.0807. The van der Waals surface area contributed by atoms with Crippen molar-refractivity contribution in [3.63, 3.8) is 0 Å². The maximum absolute atomic E-state index is 14.3. The first-order valence-electron chi connectivity index (χ1n) is 12.6. The Morgan fingerprint density at radius 2 is 1.91 bits per heavy atom. The zero-order valence-corrected chi connectivity index (χ0v) is 22.3. The van der Waals surface area contributed by atoms with Gasteiger partial charge >= 0.3 is 0 Å². The Hall–Kier alpha value is -2.71. The lowest BCUT2D eigenvalue weighted by Gasteiger charge is -2.40. The summed E-state index contributed by atoms with van der Waals surface area (Å²) in [6, 6.07) is 7.71. The summed E-state index contributed by atoms with van der Waals surface area (Å²) in [5.74, 6) is -0.369. The zero-order valence-electron chi connectivity index (χ0n) is 21.3. The van der Waals surface area contributed by atoms with Gasteiger partial charge in [-0.2, -0.15) is 0 Å². The summed E-state index contributed by atoms with van der Waals surface area (Å²) in [4.78, 5) is 46.5. The molecule has 1 spiro atoms. The van der Waals surface area contributed by atoms with E-state index in [4.69, 9.17) is 4.74 Å². The molecule has 1 aromatic rings. The number of fused-ring (bicyclic) bond motifs is 4. The molecular formula is C27H35N3O4Si. The third-order valence-corrected chi connectivity index (χ3v) is 9.28. The molecule has 2 saturated heterocycles. The van der Waals surface area contributed by atoms with Gasteiger partial charge in [0.25, 0.3) is 11.8 Å². The Morgan fingerprint density at radius 3 is 2.63 bits per heavy atom. The molecule has 5 rings (SSSR count). The van der Waals surface area contributed by atoms with Crippen molar-refractivity contribution < 1.29 is 19.1 Å². The normalized spacial score (nSPS) is 27.4. The Labute approximate surface area is 208 Å². The summed E-state index contributed by atoms with van der Waals surface area (Å²) in [5, 5.41) is 0. The van der Waals surface area contributed by atoms with E-state index in [0.29, 0.717) is 25.3 Å². The SMILES string of the molecule is CC(C)=C[C@H]1N2C(=O)[C@@H]3CCCN3C(=O)C2=C[C@]12C(=O)N(COCC[Si](C)(C)C)c1ccccc12. The summed E-state index contributed by atoms with van der Waals surface area (Å²) >= 11 is 0. The number of rotatable bonds is 6. The van der Waals surface area contributed by atoms with Crippen molar-refractivity contribution in [1.82, 2.24) is 9.80 Å². The number of hydrogen-bond donors (Lipinski definition) is 0. The fourth-order valence-electron chi connectivity index (χ4n) is 5.83. The molecule has 0 bridgehead atoms. The number of allylic oxidation sites excluding steroid dienone is 1. The van der Waals surface area contributed by atoms with Gasteiger partial charge in [-0.1, -0.05) is 49.5 Å². The van der Waals surface area contributed by atoms with Crippen LogP contribution in [0.5, 0.6) is 0 Å². The Balaban J connectivity index is 1.58. The van der Waals surface area contributed by atoms with Gasteiger partial charge in [0.2, 0.25) is 5.91 Å². The third kappa shape index (κ3) is 3.69. The highest BCUT2D eigenvalue weighted by atomic mass is 28.3. The number of hydrogen-bond acceptors (Lipinski definition) is 4. The van der Waals surface area contributed by atoms with Crippen LogP contribution >= 0.6 is 0 Å². The lowest BCUT2D eigenvalue weighted by molar-refractivity contribution is -0.149. The third-order valence-electron chi connectivity index (χ3n) is 7.57. The van der Waals surface area contributed by atoms with Crippen LogP contribution in [0.15, 0.2) is 47.7 Å². The van der Waals surface area contributed by atoms with Gasteiger partial charge in [0, 0.05) is 21.2 Å². The molecule has 3 amide bonds. The van der Waals surface area contributed by atoms with Crippen molar-refractivity contribution in [2.45, 2.75) is 69.9 Å². The molecule has 0 unspecified atom stereocenters. The number of nitrogens with zero attached hydrogens (tertiary/aromatic N) is 3. The Bertz CT molecular complexity index is 1150. The number of anilines is 1. The largest absolute Gasteiger partial charge is 0.361 e. The smallest absolute Gasteiger partial charge is 0.270 e.